The molecule has 0 aliphatic carbocycles. The first-order chi connectivity index (χ1) is 18.3. The van der Waals surface area contributed by atoms with Gasteiger partial charge in [-0.3, -0.25) is 14.9 Å². The largest absolute Gasteiger partial charge is 0.378 e. The number of Topliss-reactive ketones (excluding diaryl/α,β-unsaturated/α-hetero) is 1. The Balaban J connectivity index is 1.51. The van der Waals surface area contributed by atoms with Crippen LogP contribution in [-0.2, 0) is 21.2 Å². The summed E-state index contributed by atoms with van der Waals surface area (Å²) >= 11 is 0. The highest BCUT2D eigenvalue weighted by Gasteiger charge is 2.20. The second-order valence-corrected chi connectivity index (χ2v) is 10.2. The van der Waals surface area contributed by atoms with Gasteiger partial charge in [-0.05, 0) is 47.9 Å². The first-order valence-corrected chi connectivity index (χ1v) is 13.2. The molecule has 0 saturated heterocycles. The highest BCUT2D eigenvalue weighted by molar-refractivity contribution is 7.92. The Kier molecular flexibility index (Phi) is 8.39. The summed E-state index contributed by atoms with van der Waals surface area (Å²) in [7, 11) is -3.91. The second kappa shape index (κ2) is 12.1. The number of aryl methyl sites for hydroxylation is 1. The SMILES string of the molecule is O=C(CCc1ccccc1)CC(Nc1ccc(S(=O)(=O)Nc2ncccn2)cc1)c1cccc([N+](=O)[O-])c1. The van der Waals surface area contributed by atoms with E-state index in [1.165, 1.54) is 36.7 Å². The first kappa shape index (κ1) is 26.4. The van der Waals surface area contributed by atoms with E-state index < -0.39 is 21.0 Å². The number of carbonyl (C=O) groups excluding carboxylic acids is 1. The van der Waals surface area contributed by atoms with Crippen molar-refractivity contribution in [2.45, 2.75) is 30.2 Å². The summed E-state index contributed by atoms with van der Waals surface area (Å²) in [6.07, 6.45) is 3.86. The molecule has 1 atom stereocenters. The molecule has 0 radical (unpaired) electrons. The normalized spacial score (nSPS) is 11.9. The Hall–Kier alpha value is -4.64. The van der Waals surface area contributed by atoms with Crippen molar-refractivity contribution in [2.75, 3.05) is 10.0 Å². The molecule has 1 aromatic heterocycles. The maximum Gasteiger partial charge on any atom is 0.269 e. The van der Waals surface area contributed by atoms with E-state index >= 15 is 0 Å². The topological polar surface area (TPSA) is 144 Å². The number of carbonyl (C=O) groups is 1. The molecule has 4 rings (SSSR count). The van der Waals surface area contributed by atoms with Gasteiger partial charge in [-0.2, -0.15) is 0 Å². The Morgan fingerprint density at radius 3 is 2.32 bits per heavy atom. The lowest BCUT2D eigenvalue weighted by Crippen LogP contribution is -2.17. The minimum atomic E-state index is -3.91. The number of rotatable bonds is 12. The average molecular weight is 532 g/mol. The van der Waals surface area contributed by atoms with Crippen LogP contribution in [0.4, 0.5) is 17.3 Å². The van der Waals surface area contributed by atoms with Crippen LogP contribution >= 0.6 is 0 Å². The number of ketones is 1. The van der Waals surface area contributed by atoms with Crippen molar-refractivity contribution in [3.8, 4) is 0 Å². The van der Waals surface area contributed by atoms with E-state index in [-0.39, 0.29) is 28.7 Å². The van der Waals surface area contributed by atoms with Crippen LogP contribution < -0.4 is 10.0 Å². The molecule has 0 aliphatic heterocycles. The predicted molar refractivity (Wildman–Crippen MR) is 143 cm³/mol. The van der Waals surface area contributed by atoms with Crippen molar-refractivity contribution in [3.63, 3.8) is 0 Å². The van der Waals surface area contributed by atoms with Gasteiger partial charge < -0.3 is 5.32 Å². The smallest absolute Gasteiger partial charge is 0.269 e. The number of anilines is 2. The van der Waals surface area contributed by atoms with Crippen molar-refractivity contribution in [2.24, 2.45) is 0 Å². The number of hydrogen-bond acceptors (Lipinski definition) is 8. The number of sulfonamides is 1. The number of nitro benzene ring substituents is 1. The Morgan fingerprint density at radius 1 is 0.921 bits per heavy atom. The molecule has 0 bridgehead atoms. The van der Waals surface area contributed by atoms with E-state index in [1.54, 1.807) is 30.3 Å². The van der Waals surface area contributed by atoms with Crippen molar-refractivity contribution >= 4 is 33.1 Å². The summed E-state index contributed by atoms with van der Waals surface area (Å²) in [5, 5.41) is 14.6. The van der Waals surface area contributed by atoms with Gasteiger partial charge >= 0.3 is 0 Å². The minimum Gasteiger partial charge on any atom is -0.378 e. The maximum atomic E-state index is 12.9. The fourth-order valence-electron chi connectivity index (χ4n) is 3.83. The van der Waals surface area contributed by atoms with Gasteiger partial charge in [0.15, 0.2) is 0 Å². The van der Waals surface area contributed by atoms with Gasteiger partial charge in [0.1, 0.15) is 5.78 Å². The van der Waals surface area contributed by atoms with E-state index in [1.807, 2.05) is 30.3 Å². The lowest BCUT2D eigenvalue weighted by molar-refractivity contribution is -0.384. The Morgan fingerprint density at radius 2 is 1.63 bits per heavy atom. The zero-order valence-corrected chi connectivity index (χ0v) is 21.0. The van der Waals surface area contributed by atoms with E-state index in [0.29, 0.717) is 24.1 Å². The molecular formula is C27H25N5O5S. The summed E-state index contributed by atoms with van der Waals surface area (Å²) in [6, 6.07) is 22.7. The molecule has 1 heterocycles. The van der Waals surface area contributed by atoms with E-state index in [2.05, 4.69) is 20.0 Å². The van der Waals surface area contributed by atoms with E-state index in [0.717, 1.165) is 5.56 Å². The molecule has 11 heteroatoms. The quantitative estimate of drug-likeness (QED) is 0.193. The Bertz CT molecular complexity index is 1500. The number of aromatic nitrogens is 2. The van der Waals surface area contributed by atoms with Crippen LogP contribution in [0.3, 0.4) is 0 Å². The van der Waals surface area contributed by atoms with Crippen molar-refractivity contribution in [1.29, 1.82) is 0 Å². The van der Waals surface area contributed by atoms with Gasteiger partial charge in [-0.1, -0.05) is 42.5 Å². The lowest BCUT2D eigenvalue weighted by atomic mass is 9.97. The third-order valence-electron chi connectivity index (χ3n) is 5.75. The zero-order chi connectivity index (χ0) is 27.0. The summed E-state index contributed by atoms with van der Waals surface area (Å²) in [4.78, 5) is 31.5. The molecule has 3 aromatic carbocycles. The third-order valence-corrected chi connectivity index (χ3v) is 7.09. The highest BCUT2D eigenvalue weighted by Crippen LogP contribution is 2.27. The van der Waals surface area contributed by atoms with Crippen LogP contribution in [0, 0.1) is 10.1 Å². The molecule has 0 fully saturated rings. The highest BCUT2D eigenvalue weighted by atomic mass is 32.2. The summed E-state index contributed by atoms with van der Waals surface area (Å²) < 4.78 is 27.7. The third kappa shape index (κ3) is 7.20. The average Bonchev–Trinajstić information content (AvgIpc) is 2.93. The fourth-order valence-corrected chi connectivity index (χ4v) is 4.79. The first-order valence-electron chi connectivity index (χ1n) is 11.8. The standard InChI is InChI=1S/C27H25N5O5S/c33-24(13-10-20-6-2-1-3-7-20)19-26(21-8-4-9-23(18-21)32(34)35)30-22-11-14-25(15-12-22)38(36,37)31-27-28-16-5-17-29-27/h1-9,11-12,14-18,26,30H,10,13,19H2,(H,28,29,31). The van der Waals surface area contributed by atoms with Gasteiger partial charge in [0.25, 0.3) is 15.7 Å². The molecule has 2 N–H and O–H groups in total. The molecular weight excluding hydrogens is 506 g/mol. The number of hydrogen-bond donors (Lipinski definition) is 2. The number of nitrogens with zero attached hydrogens (tertiary/aromatic N) is 3. The number of benzene rings is 3. The molecule has 194 valence electrons. The van der Waals surface area contributed by atoms with Gasteiger partial charge in [0, 0.05) is 43.1 Å². The summed E-state index contributed by atoms with van der Waals surface area (Å²) in [5.41, 5.74) is 2.09. The number of non-ortho nitro benzene ring substituents is 1. The predicted octanol–water partition coefficient (Wildman–Crippen LogP) is 4.93. The molecule has 0 spiro atoms. The van der Waals surface area contributed by atoms with Gasteiger partial charge in [0.05, 0.1) is 15.9 Å². The molecule has 0 amide bonds. The molecule has 38 heavy (non-hydrogen) atoms. The van der Waals surface area contributed by atoms with Crippen LogP contribution in [-0.4, -0.2) is 29.1 Å². The van der Waals surface area contributed by atoms with Crippen molar-refractivity contribution in [3.05, 3.63) is 119 Å². The minimum absolute atomic E-state index is 0.00124. The molecule has 1 unspecified atom stereocenters. The molecule has 0 aliphatic rings. The zero-order valence-electron chi connectivity index (χ0n) is 20.2. The van der Waals surface area contributed by atoms with E-state index in [9.17, 15) is 23.3 Å². The van der Waals surface area contributed by atoms with Crippen molar-refractivity contribution in [1.82, 2.24) is 9.97 Å². The second-order valence-electron chi connectivity index (χ2n) is 8.48. The van der Waals surface area contributed by atoms with Crippen LogP contribution in [0.25, 0.3) is 0 Å². The van der Waals surface area contributed by atoms with Crippen LogP contribution in [0.1, 0.15) is 30.0 Å². The number of nitrogens with one attached hydrogen (secondary N) is 2. The number of nitro groups is 1. The summed E-state index contributed by atoms with van der Waals surface area (Å²) in [6.45, 7) is 0. The summed E-state index contributed by atoms with van der Waals surface area (Å²) in [5.74, 6) is -0.0569. The monoisotopic (exact) mass is 531 g/mol. The van der Waals surface area contributed by atoms with Gasteiger partial charge in [-0.15, -0.1) is 0 Å². The van der Waals surface area contributed by atoms with Crippen molar-refractivity contribution < 1.29 is 18.1 Å². The molecule has 4 aromatic rings. The van der Waals surface area contributed by atoms with E-state index in [4.69, 9.17) is 0 Å². The van der Waals surface area contributed by atoms with Gasteiger partial charge in [0.2, 0.25) is 5.95 Å². The molecule has 10 nitrogen and oxygen atoms in total. The van der Waals surface area contributed by atoms with Gasteiger partial charge in [-0.25, -0.2) is 23.1 Å². The molecule has 0 saturated carbocycles. The maximum absolute atomic E-state index is 12.9. The van der Waals surface area contributed by atoms with Crippen LogP contribution in [0.5, 0.6) is 0 Å². The fraction of sp³-hybridized carbons (Fsp3) is 0.148. The van der Waals surface area contributed by atoms with Crippen LogP contribution in [0.2, 0.25) is 0 Å². The Labute approximate surface area is 220 Å². The van der Waals surface area contributed by atoms with Crippen LogP contribution in [0.15, 0.2) is 102 Å². The lowest BCUT2D eigenvalue weighted by Gasteiger charge is -2.20.